The first-order valence-corrected chi connectivity index (χ1v) is 6.94. The summed E-state index contributed by atoms with van der Waals surface area (Å²) in [6.45, 7) is 9.29. The Balaban J connectivity index is 2.15. The first-order valence-electron chi connectivity index (χ1n) is 6.94. The summed E-state index contributed by atoms with van der Waals surface area (Å²) in [5, 5.41) is 3.52. The molecule has 0 aromatic rings. The molecular weight excluding hydrogens is 182 g/mol. The fraction of sp³-hybridized carbons (Fsp3) is 1.00. The van der Waals surface area contributed by atoms with E-state index in [0.717, 1.165) is 24.3 Å². The van der Waals surface area contributed by atoms with Crippen LogP contribution in [-0.4, -0.2) is 13.1 Å². The average molecular weight is 211 g/mol. The lowest BCUT2D eigenvalue weighted by Crippen LogP contribution is -2.25. The van der Waals surface area contributed by atoms with E-state index < -0.39 is 0 Å². The van der Waals surface area contributed by atoms with Gasteiger partial charge in [0, 0.05) is 0 Å². The van der Waals surface area contributed by atoms with Gasteiger partial charge < -0.3 is 5.32 Å². The number of hydrogen-bond acceptors (Lipinski definition) is 1. The van der Waals surface area contributed by atoms with Crippen molar-refractivity contribution in [3.05, 3.63) is 0 Å². The van der Waals surface area contributed by atoms with E-state index in [1.807, 2.05) is 0 Å². The second-order valence-corrected chi connectivity index (χ2v) is 5.58. The Morgan fingerprint density at radius 2 is 1.93 bits per heavy atom. The van der Waals surface area contributed by atoms with Gasteiger partial charge in [0.25, 0.3) is 0 Å². The fourth-order valence-electron chi connectivity index (χ4n) is 2.88. The molecule has 2 unspecified atom stereocenters. The van der Waals surface area contributed by atoms with Crippen LogP contribution in [0.1, 0.15) is 59.3 Å². The molecule has 90 valence electrons. The lowest BCUT2D eigenvalue weighted by molar-refractivity contribution is 0.332. The summed E-state index contributed by atoms with van der Waals surface area (Å²) in [6, 6.07) is 0. The molecule has 1 saturated carbocycles. The van der Waals surface area contributed by atoms with Crippen molar-refractivity contribution in [1.29, 1.82) is 0 Å². The van der Waals surface area contributed by atoms with Crippen LogP contribution < -0.4 is 5.32 Å². The van der Waals surface area contributed by atoms with Crippen LogP contribution in [0.3, 0.4) is 0 Å². The molecule has 0 spiro atoms. The Bertz CT molecular complexity index is 153. The van der Waals surface area contributed by atoms with Crippen molar-refractivity contribution in [2.24, 2.45) is 17.8 Å². The zero-order valence-electron chi connectivity index (χ0n) is 10.9. The number of rotatable bonds is 7. The summed E-state index contributed by atoms with van der Waals surface area (Å²) in [6.07, 6.45) is 8.79. The van der Waals surface area contributed by atoms with E-state index in [4.69, 9.17) is 0 Å². The van der Waals surface area contributed by atoms with Crippen molar-refractivity contribution in [3.63, 3.8) is 0 Å². The Hall–Kier alpha value is -0.0400. The standard InChI is InChI=1S/C14H29N/c1-4-15-11-14-10-6-9-13(14)8-5-7-12(2)3/h12-15H,4-11H2,1-3H3. The molecule has 0 amide bonds. The van der Waals surface area contributed by atoms with Gasteiger partial charge in [-0.05, 0) is 37.3 Å². The molecule has 2 atom stereocenters. The summed E-state index contributed by atoms with van der Waals surface area (Å²) in [7, 11) is 0. The lowest BCUT2D eigenvalue weighted by atomic mass is 9.89. The highest BCUT2D eigenvalue weighted by Crippen LogP contribution is 2.35. The fourth-order valence-corrected chi connectivity index (χ4v) is 2.88. The zero-order valence-corrected chi connectivity index (χ0v) is 10.9. The third kappa shape index (κ3) is 5.01. The van der Waals surface area contributed by atoms with Crippen molar-refractivity contribution < 1.29 is 0 Å². The van der Waals surface area contributed by atoms with Gasteiger partial charge in [-0.2, -0.15) is 0 Å². The van der Waals surface area contributed by atoms with E-state index in [2.05, 4.69) is 26.1 Å². The molecule has 1 N–H and O–H groups in total. The Morgan fingerprint density at radius 3 is 2.60 bits per heavy atom. The summed E-state index contributed by atoms with van der Waals surface area (Å²) < 4.78 is 0. The molecule has 0 radical (unpaired) electrons. The molecule has 1 fully saturated rings. The van der Waals surface area contributed by atoms with Gasteiger partial charge in [-0.1, -0.05) is 52.9 Å². The summed E-state index contributed by atoms with van der Waals surface area (Å²) in [4.78, 5) is 0. The maximum Gasteiger partial charge on any atom is -0.00180 e. The minimum atomic E-state index is 0.888. The van der Waals surface area contributed by atoms with Crippen molar-refractivity contribution in [2.75, 3.05) is 13.1 Å². The van der Waals surface area contributed by atoms with Crippen molar-refractivity contribution in [3.8, 4) is 0 Å². The van der Waals surface area contributed by atoms with Crippen LogP contribution in [0, 0.1) is 17.8 Å². The molecule has 0 aromatic carbocycles. The molecule has 1 rings (SSSR count). The van der Waals surface area contributed by atoms with E-state index in [-0.39, 0.29) is 0 Å². The van der Waals surface area contributed by atoms with Crippen LogP contribution in [0.2, 0.25) is 0 Å². The van der Waals surface area contributed by atoms with Crippen LogP contribution in [-0.2, 0) is 0 Å². The van der Waals surface area contributed by atoms with Gasteiger partial charge in [0.05, 0.1) is 0 Å². The molecule has 1 aliphatic carbocycles. The molecule has 1 nitrogen and oxygen atoms in total. The van der Waals surface area contributed by atoms with Gasteiger partial charge >= 0.3 is 0 Å². The Labute approximate surface area is 96.0 Å². The predicted molar refractivity (Wildman–Crippen MR) is 68.1 cm³/mol. The van der Waals surface area contributed by atoms with Gasteiger partial charge in [-0.15, -0.1) is 0 Å². The molecule has 0 saturated heterocycles. The molecule has 0 aliphatic heterocycles. The van der Waals surface area contributed by atoms with Crippen molar-refractivity contribution in [1.82, 2.24) is 5.32 Å². The van der Waals surface area contributed by atoms with Gasteiger partial charge in [0.2, 0.25) is 0 Å². The predicted octanol–water partition coefficient (Wildman–Crippen LogP) is 3.84. The maximum atomic E-state index is 3.52. The molecule has 1 heteroatoms. The molecule has 1 aliphatic rings. The summed E-state index contributed by atoms with van der Waals surface area (Å²) in [5.41, 5.74) is 0. The normalized spacial score (nSPS) is 26.4. The van der Waals surface area contributed by atoms with Crippen molar-refractivity contribution in [2.45, 2.75) is 59.3 Å². The molecule has 0 heterocycles. The lowest BCUT2D eigenvalue weighted by Gasteiger charge is -2.20. The van der Waals surface area contributed by atoms with Crippen LogP contribution in [0.5, 0.6) is 0 Å². The largest absolute Gasteiger partial charge is 0.317 e. The first-order chi connectivity index (χ1) is 7.24. The van der Waals surface area contributed by atoms with E-state index >= 15 is 0 Å². The van der Waals surface area contributed by atoms with E-state index in [9.17, 15) is 0 Å². The highest BCUT2D eigenvalue weighted by Gasteiger charge is 2.25. The number of nitrogens with one attached hydrogen (secondary N) is 1. The minimum Gasteiger partial charge on any atom is -0.317 e. The Morgan fingerprint density at radius 1 is 1.20 bits per heavy atom. The molecular formula is C14H29N. The molecule has 0 aromatic heterocycles. The van der Waals surface area contributed by atoms with Crippen LogP contribution >= 0.6 is 0 Å². The topological polar surface area (TPSA) is 12.0 Å². The second-order valence-electron chi connectivity index (χ2n) is 5.58. The summed E-state index contributed by atoms with van der Waals surface area (Å²) >= 11 is 0. The maximum absolute atomic E-state index is 3.52. The number of hydrogen-bond donors (Lipinski definition) is 1. The monoisotopic (exact) mass is 211 g/mol. The average Bonchev–Trinajstić information content (AvgIpc) is 2.62. The van der Waals surface area contributed by atoms with E-state index in [0.29, 0.717) is 0 Å². The highest BCUT2D eigenvalue weighted by atomic mass is 14.8. The van der Waals surface area contributed by atoms with Crippen LogP contribution in [0.4, 0.5) is 0 Å². The molecule has 0 bridgehead atoms. The Kier molecular flexibility index (Phi) is 6.31. The third-order valence-electron chi connectivity index (χ3n) is 3.83. The van der Waals surface area contributed by atoms with Crippen LogP contribution in [0.25, 0.3) is 0 Å². The van der Waals surface area contributed by atoms with E-state index in [1.165, 1.54) is 45.1 Å². The highest BCUT2D eigenvalue weighted by molar-refractivity contribution is 4.79. The smallest absolute Gasteiger partial charge is 0.00180 e. The van der Waals surface area contributed by atoms with E-state index in [1.54, 1.807) is 0 Å². The van der Waals surface area contributed by atoms with Crippen molar-refractivity contribution >= 4 is 0 Å². The van der Waals surface area contributed by atoms with Gasteiger partial charge in [-0.3, -0.25) is 0 Å². The summed E-state index contributed by atoms with van der Waals surface area (Å²) in [5.74, 6) is 2.90. The van der Waals surface area contributed by atoms with Gasteiger partial charge in [0.15, 0.2) is 0 Å². The molecule has 15 heavy (non-hydrogen) atoms. The second kappa shape index (κ2) is 7.27. The SMILES string of the molecule is CCNCC1CCCC1CCCC(C)C. The third-order valence-corrected chi connectivity index (χ3v) is 3.83. The van der Waals surface area contributed by atoms with Crippen LogP contribution in [0.15, 0.2) is 0 Å². The first kappa shape index (κ1) is 13.0. The van der Waals surface area contributed by atoms with Gasteiger partial charge in [0.1, 0.15) is 0 Å². The quantitative estimate of drug-likeness (QED) is 0.674. The van der Waals surface area contributed by atoms with Gasteiger partial charge in [-0.25, -0.2) is 0 Å². The minimum absolute atomic E-state index is 0.888. The zero-order chi connectivity index (χ0) is 11.1.